The molecule has 3 rings (SSSR count). The third-order valence-corrected chi connectivity index (χ3v) is 4.69. The van der Waals surface area contributed by atoms with Gasteiger partial charge in [0.25, 0.3) is 0 Å². The maximum atomic E-state index is 5.67. The number of para-hydroxylation sites is 1. The average Bonchev–Trinajstić information content (AvgIpc) is 2.91. The number of hydrogen-bond donors (Lipinski definition) is 1. The van der Waals surface area contributed by atoms with Crippen LogP contribution in [-0.4, -0.2) is 19.4 Å². The molecule has 1 aliphatic heterocycles. The molecule has 0 aromatic heterocycles. The third-order valence-electron chi connectivity index (χ3n) is 3.49. The zero-order valence-electron chi connectivity index (χ0n) is 12.0. The molecule has 21 heavy (non-hydrogen) atoms. The molecule has 4 heteroatoms. The first-order valence-electron chi connectivity index (χ1n) is 6.97. The zero-order valence-corrected chi connectivity index (χ0v) is 12.8. The Kier molecular flexibility index (Phi) is 4.27. The Hall–Kier alpha value is -1.78. The van der Waals surface area contributed by atoms with Crippen molar-refractivity contribution in [2.24, 2.45) is 10.7 Å². The SMILES string of the molecule is COc1ccc([C@@H]2N=c3ccccc3=C2SCCN)cc1. The highest BCUT2D eigenvalue weighted by Crippen LogP contribution is 2.35. The topological polar surface area (TPSA) is 47.6 Å². The van der Waals surface area contributed by atoms with Gasteiger partial charge in [0, 0.05) is 22.4 Å². The molecule has 0 aliphatic carbocycles. The van der Waals surface area contributed by atoms with E-state index in [4.69, 9.17) is 15.5 Å². The van der Waals surface area contributed by atoms with Crippen LogP contribution in [0, 0.1) is 0 Å². The zero-order chi connectivity index (χ0) is 14.7. The number of rotatable bonds is 5. The molecule has 0 spiro atoms. The molecule has 2 aromatic rings. The molecule has 2 aromatic carbocycles. The number of methoxy groups -OCH3 is 1. The fraction of sp³-hybridized carbons (Fsp3) is 0.235. The summed E-state index contributed by atoms with van der Waals surface area (Å²) in [5, 5.41) is 2.30. The summed E-state index contributed by atoms with van der Waals surface area (Å²) < 4.78 is 5.23. The van der Waals surface area contributed by atoms with E-state index in [1.165, 1.54) is 15.7 Å². The third kappa shape index (κ3) is 2.82. The van der Waals surface area contributed by atoms with Gasteiger partial charge in [-0.05, 0) is 23.8 Å². The van der Waals surface area contributed by atoms with Crippen molar-refractivity contribution in [3.63, 3.8) is 0 Å². The van der Waals surface area contributed by atoms with Gasteiger partial charge in [-0.1, -0.05) is 30.3 Å². The summed E-state index contributed by atoms with van der Waals surface area (Å²) >= 11 is 1.81. The molecule has 1 heterocycles. The second-order valence-electron chi connectivity index (χ2n) is 4.82. The van der Waals surface area contributed by atoms with Crippen molar-refractivity contribution in [1.29, 1.82) is 0 Å². The van der Waals surface area contributed by atoms with Crippen LogP contribution < -0.4 is 21.0 Å². The van der Waals surface area contributed by atoms with E-state index in [0.717, 1.165) is 16.9 Å². The number of nitrogens with zero attached hydrogens (tertiary/aromatic N) is 1. The first-order valence-corrected chi connectivity index (χ1v) is 7.96. The molecule has 0 amide bonds. The molecule has 0 saturated carbocycles. The Balaban J connectivity index is 2.03. The number of ether oxygens (including phenoxy) is 1. The summed E-state index contributed by atoms with van der Waals surface area (Å²) in [6.45, 7) is 0.672. The lowest BCUT2D eigenvalue weighted by Gasteiger charge is -2.13. The van der Waals surface area contributed by atoms with Gasteiger partial charge in [-0.25, -0.2) is 0 Å². The van der Waals surface area contributed by atoms with Gasteiger partial charge >= 0.3 is 0 Å². The summed E-state index contributed by atoms with van der Waals surface area (Å²) in [6, 6.07) is 16.5. The Bertz CT molecular complexity index is 740. The van der Waals surface area contributed by atoms with E-state index < -0.39 is 0 Å². The Labute approximate surface area is 128 Å². The molecule has 2 N–H and O–H groups in total. The lowest BCUT2D eigenvalue weighted by molar-refractivity contribution is 0.414. The fourth-order valence-electron chi connectivity index (χ4n) is 2.48. The highest BCUT2D eigenvalue weighted by Gasteiger charge is 2.21. The maximum Gasteiger partial charge on any atom is 0.118 e. The predicted molar refractivity (Wildman–Crippen MR) is 87.9 cm³/mol. The van der Waals surface area contributed by atoms with Gasteiger partial charge in [-0.3, -0.25) is 4.99 Å². The maximum absolute atomic E-state index is 5.67. The minimum Gasteiger partial charge on any atom is -0.497 e. The second-order valence-corrected chi connectivity index (χ2v) is 5.96. The van der Waals surface area contributed by atoms with Gasteiger partial charge in [0.2, 0.25) is 0 Å². The van der Waals surface area contributed by atoms with Gasteiger partial charge in [0.15, 0.2) is 0 Å². The summed E-state index contributed by atoms with van der Waals surface area (Å²) in [5.41, 5.74) is 6.85. The molecule has 3 nitrogen and oxygen atoms in total. The first kappa shape index (κ1) is 14.2. The number of fused-ring (bicyclic) bond motifs is 1. The number of nitrogens with two attached hydrogens (primary N) is 1. The Morgan fingerprint density at radius 1 is 1.14 bits per heavy atom. The molecule has 1 aliphatic rings. The standard InChI is InChI=1S/C17H18N2OS/c1-20-13-8-6-12(7-9-13)16-17(21-11-10-18)14-4-2-3-5-15(14)19-16/h2-9,16H,10-11,18H2,1H3/t16-/m0/s1. The van der Waals surface area contributed by atoms with Crippen molar-refractivity contribution in [2.45, 2.75) is 6.04 Å². The monoisotopic (exact) mass is 298 g/mol. The lowest BCUT2D eigenvalue weighted by Crippen LogP contribution is -2.21. The fourth-order valence-corrected chi connectivity index (χ4v) is 3.49. The van der Waals surface area contributed by atoms with Gasteiger partial charge in [0.05, 0.1) is 12.5 Å². The van der Waals surface area contributed by atoms with Crippen molar-refractivity contribution in [1.82, 2.24) is 0 Å². The average molecular weight is 298 g/mol. The van der Waals surface area contributed by atoms with E-state index in [1.807, 2.05) is 18.2 Å². The van der Waals surface area contributed by atoms with Crippen molar-refractivity contribution >= 4 is 16.7 Å². The van der Waals surface area contributed by atoms with Crippen LogP contribution in [0.2, 0.25) is 0 Å². The molecule has 0 saturated heterocycles. The molecule has 0 bridgehead atoms. The van der Waals surface area contributed by atoms with Crippen LogP contribution >= 0.6 is 11.8 Å². The molecule has 1 atom stereocenters. The van der Waals surface area contributed by atoms with Crippen LogP contribution in [0.25, 0.3) is 4.91 Å². The number of benzene rings is 2. The van der Waals surface area contributed by atoms with E-state index in [0.29, 0.717) is 6.54 Å². The quantitative estimate of drug-likeness (QED) is 0.917. The van der Waals surface area contributed by atoms with Crippen molar-refractivity contribution in [3.05, 3.63) is 64.7 Å². The molecule has 0 radical (unpaired) electrons. The molecule has 108 valence electrons. The van der Waals surface area contributed by atoms with Crippen LogP contribution in [0.1, 0.15) is 11.6 Å². The Morgan fingerprint density at radius 2 is 1.90 bits per heavy atom. The molecular weight excluding hydrogens is 280 g/mol. The van der Waals surface area contributed by atoms with E-state index >= 15 is 0 Å². The smallest absolute Gasteiger partial charge is 0.118 e. The van der Waals surface area contributed by atoms with E-state index in [1.54, 1.807) is 18.9 Å². The molecule has 0 fully saturated rings. The molecule has 0 unspecified atom stereocenters. The van der Waals surface area contributed by atoms with Gasteiger partial charge < -0.3 is 10.5 Å². The van der Waals surface area contributed by atoms with Crippen LogP contribution in [0.15, 0.2) is 53.5 Å². The van der Waals surface area contributed by atoms with Crippen molar-refractivity contribution in [3.8, 4) is 5.75 Å². The summed E-state index contributed by atoms with van der Waals surface area (Å²) in [7, 11) is 1.68. The summed E-state index contributed by atoms with van der Waals surface area (Å²) in [5.74, 6) is 1.77. The predicted octanol–water partition coefficient (Wildman–Crippen LogP) is 1.87. The minimum atomic E-state index is 0.0739. The molecular formula is C17H18N2OS. The van der Waals surface area contributed by atoms with Crippen LogP contribution in [0.3, 0.4) is 0 Å². The minimum absolute atomic E-state index is 0.0739. The summed E-state index contributed by atoms with van der Waals surface area (Å²) in [6.07, 6.45) is 0. The normalized spacial score (nSPS) is 16.5. The van der Waals surface area contributed by atoms with E-state index in [2.05, 4.69) is 30.3 Å². The summed E-state index contributed by atoms with van der Waals surface area (Å²) in [4.78, 5) is 6.16. The van der Waals surface area contributed by atoms with Gasteiger partial charge in [-0.2, -0.15) is 0 Å². The largest absolute Gasteiger partial charge is 0.497 e. The van der Waals surface area contributed by atoms with Crippen LogP contribution in [0.4, 0.5) is 0 Å². The number of hydrogen-bond acceptors (Lipinski definition) is 4. The highest BCUT2D eigenvalue weighted by atomic mass is 32.2. The van der Waals surface area contributed by atoms with Crippen molar-refractivity contribution < 1.29 is 4.74 Å². The number of thioether (sulfide) groups is 1. The first-order chi connectivity index (χ1) is 10.3. The van der Waals surface area contributed by atoms with E-state index in [-0.39, 0.29) is 6.04 Å². The Morgan fingerprint density at radius 3 is 2.62 bits per heavy atom. The van der Waals surface area contributed by atoms with Crippen molar-refractivity contribution in [2.75, 3.05) is 19.4 Å². The van der Waals surface area contributed by atoms with Crippen LogP contribution in [-0.2, 0) is 0 Å². The lowest BCUT2D eigenvalue weighted by atomic mass is 10.1. The second kappa shape index (κ2) is 6.33. The van der Waals surface area contributed by atoms with Gasteiger partial charge in [0.1, 0.15) is 11.8 Å². The highest BCUT2D eigenvalue weighted by molar-refractivity contribution is 8.08. The van der Waals surface area contributed by atoms with E-state index in [9.17, 15) is 0 Å². The van der Waals surface area contributed by atoms with Crippen LogP contribution in [0.5, 0.6) is 5.75 Å². The van der Waals surface area contributed by atoms with Gasteiger partial charge in [-0.15, -0.1) is 11.8 Å².